The lowest BCUT2D eigenvalue weighted by atomic mass is 10.2. The highest BCUT2D eigenvalue weighted by molar-refractivity contribution is 7.13. The maximum absolute atomic E-state index is 13.2. The van der Waals surface area contributed by atoms with E-state index in [1.807, 2.05) is 0 Å². The second-order valence-electron chi connectivity index (χ2n) is 2.86. The van der Waals surface area contributed by atoms with Crippen LogP contribution in [-0.4, -0.2) is 12.1 Å². The summed E-state index contributed by atoms with van der Waals surface area (Å²) in [5.74, 6) is 0.118. The van der Waals surface area contributed by atoms with Gasteiger partial charge in [-0.05, 0) is 12.1 Å². The van der Waals surface area contributed by atoms with Crippen molar-refractivity contribution in [2.75, 3.05) is 7.11 Å². The summed E-state index contributed by atoms with van der Waals surface area (Å²) in [6, 6.07) is 4.44. The Hall–Kier alpha value is -1.13. The van der Waals surface area contributed by atoms with Gasteiger partial charge in [0.25, 0.3) is 0 Å². The molecular formula is C10H7ClFNOS. The first-order valence-electron chi connectivity index (χ1n) is 4.15. The van der Waals surface area contributed by atoms with Crippen LogP contribution < -0.4 is 4.74 Å². The highest BCUT2D eigenvalue weighted by atomic mass is 35.5. The van der Waals surface area contributed by atoms with E-state index in [1.54, 1.807) is 11.4 Å². The van der Waals surface area contributed by atoms with Gasteiger partial charge in [0.1, 0.15) is 21.7 Å². The highest BCUT2D eigenvalue weighted by Gasteiger charge is 2.07. The first kappa shape index (κ1) is 10.4. The fourth-order valence-electron chi connectivity index (χ4n) is 1.19. The van der Waals surface area contributed by atoms with Crippen molar-refractivity contribution >= 4 is 22.9 Å². The number of methoxy groups -OCH3 is 1. The molecule has 1 aromatic heterocycles. The first-order valence-corrected chi connectivity index (χ1v) is 5.41. The molecule has 78 valence electrons. The Bertz CT molecular complexity index is 486. The molecule has 0 bridgehead atoms. The normalized spacial score (nSPS) is 10.3. The monoisotopic (exact) mass is 243 g/mol. The van der Waals surface area contributed by atoms with Gasteiger partial charge in [-0.25, -0.2) is 9.37 Å². The third kappa shape index (κ3) is 2.27. The molecule has 0 unspecified atom stereocenters. The van der Waals surface area contributed by atoms with Gasteiger partial charge < -0.3 is 4.74 Å². The predicted molar refractivity (Wildman–Crippen MR) is 59.1 cm³/mol. The van der Waals surface area contributed by atoms with Gasteiger partial charge in [0.2, 0.25) is 0 Å². The molecule has 0 spiro atoms. The fraction of sp³-hybridized carbons (Fsp3) is 0.100. The van der Waals surface area contributed by atoms with Gasteiger partial charge in [0, 0.05) is 17.0 Å². The summed E-state index contributed by atoms with van der Waals surface area (Å²) in [4.78, 5) is 4.06. The zero-order valence-corrected chi connectivity index (χ0v) is 9.40. The maximum Gasteiger partial charge on any atom is 0.140 e. The molecule has 5 heteroatoms. The van der Waals surface area contributed by atoms with Crippen LogP contribution in [0.5, 0.6) is 5.75 Å². The SMILES string of the molecule is COc1cc(F)cc(-c2nc(Cl)cs2)c1. The summed E-state index contributed by atoms with van der Waals surface area (Å²) < 4.78 is 18.1. The minimum absolute atomic E-state index is 0.351. The van der Waals surface area contributed by atoms with E-state index in [9.17, 15) is 4.39 Å². The van der Waals surface area contributed by atoms with E-state index in [-0.39, 0.29) is 5.82 Å². The molecule has 15 heavy (non-hydrogen) atoms. The molecule has 0 saturated heterocycles. The zero-order chi connectivity index (χ0) is 10.8. The van der Waals surface area contributed by atoms with Crippen LogP contribution in [-0.2, 0) is 0 Å². The second kappa shape index (κ2) is 4.16. The minimum atomic E-state index is -0.351. The Morgan fingerprint density at radius 2 is 2.20 bits per heavy atom. The first-order chi connectivity index (χ1) is 7.19. The molecule has 2 aromatic rings. The van der Waals surface area contributed by atoms with Crippen LogP contribution in [0.2, 0.25) is 5.15 Å². The predicted octanol–water partition coefficient (Wildman–Crippen LogP) is 3.61. The van der Waals surface area contributed by atoms with Gasteiger partial charge in [-0.3, -0.25) is 0 Å². The third-order valence-electron chi connectivity index (χ3n) is 1.83. The quantitative estimate of drug-likeness (QED) is 0.804. The topological polar surface area (TPSA) is 22.1 Å². The Morgan fingerprint density at radius 1 is 1.40 bits per heavy atom. The van der Waals surface area contributed by atoms with Crippen LogP contribution in [0.25, 0.3) is 10.6 Å². The molecule has 2 nitrogen and oxygen atoms in total. The third-order valence-corrected chi connectivity index (χ3v) is 3.04. The van der Waals surface area contributed by atoms with Gasteiger partial charge in [-0.2, -0.15) is 0 Å². The Kier molecular flexibility index (Phi) is 2.88. The van der Waals surface area contributed by atoms with Crippen LogP contribution in [0, 0.1) is 5.82 Å². The number of rotatable bonds is 2. The molecule has 1 heterocycles. The molecule has 2 rings (SSSR count). The molecule has 0 saturated carbocycles. The Balaban J connectivity index is 2.48. The van der Waals surface area contributed by atoms with Crippen molar-refractivity contribution in [3.05, 3.63) is 34.5 Å². The number of halogens is 2. The van der Waals surface area contributed by atoms with E-state index in [1.165, 1.54) is 30.6 Å². The van der Waals surface area contributed by atoms with E-state index in [0.29, 0.717) is 21.5 Å². The number of aromatic nitrogens is 1. The molecule has 1 aromatic carbocycles. The van der Waals surface area contributed by atoms with Crippen LogP contribution in [0.1, 0.15) is 0 Å². The minimum Gasteiger partial charge on any atom is -0.497 e. The van der Waals surface area contributed by atoms with E-state index in [4.69, 9.17) is 16.3 Å². The summed E-state index contributed by atoms with van der Waals surface area (Å²) in [7, 11) is 1.49. The van der Waals surface area contributed by atoms with Gasteiger partial charge in [0.05, 0.1) is 7.11 Å². The summed E-state index contributed by atoms with van der Waals surface area (Å²) in [5.41, 5.74) is 0.670. The Labute approximate surface area is 95.3 Å². The van der Waals surface area contributed by atoms with Crippen molar-refractivity contribution in [2.45, 2.75) is 0 Å². The second-order valence-corrected chi connectivity index (χ2v) is 4.10. The van der Waals surface area contributed by atoms with E-state index >= 15 is 0 Å². The smallest absolute Gasteiger partial charge is 0.140 e. The number of hydrogen-bond donors (Lipinski definition) is 0. The van der Waals surface area contributed by atoms with E-state index < -0.39 is 0 Å². The van der Waals surface area contributed by atoms with Gasteiger partial charge in [0.15, 0.2) is 0 Å². The Morgan fingerprint density at radius 3 is 2.80 bits per heavy atom. The number of ether oxygens (including phenoxy) is 1. The number of nitrogens with zero attached hydrogens (tertiary/aromatic N) is 1. The van der Waals surface area contributed by atoms with Crippen molar-refractivity contribution in [3.8, 4) is 16.3 Å². The molecule has 0 amide bonds. The van der Waals surface area contributed by atoms with Crippen molar-refractivity contribution < 1.29 is 9.13 Å². The van der Waals surface area contributed by atoms with Gasteiger partial charge in [-0.1, -0.05) is 11.6 Å². The lowest BCUT2D eigenvalue weighted by Gasteiger charge is -2.02. The fourth-order valence-corrected chi connectivity index (χ4v) is 2.13. The number of thiazole rings is 1. The zero-order valence-electron chi connectivity index (χ0n) is 7.83. The molecule has 0 aliphatic carbocycles. The van der Waals surface area contributed by atoms with Crippen molar-refractivity contribution in [2.24, 2.45) is 0 Å². The van der Waals surface area contributed by atoms with Crippen molar-refractivity contribution in [1.82, 2.24) is 4.98 Å². The lowest BCUT2D eigenvalue weighted by molar-refractivity contribution is 0.411. The van der Waals surface area contributed by atoms with Gasteiger partial charge in [-0.15, -0.1) is 11.3 Å². The molecule has 0 aliphatic rings. The van der Waals surface area contributed by atoms with Crippen LogP contribution in [0.15, 0.2) is 23.6 Å². The molecule has 0 radical (unpaired) electrons. The average molecular weight is 244 g/mol. The van der Waals surface area contributed by atoms with Crippen LogP contribution in [0.3, 0.4) is 0 Å². The standard InChI is InChI=1S/C10H7ClFNOS/c1-14-8-3-6(2-7(12)4-8)10-13-9(11)5-15-10/h2-5H,1H3. The molecule has 0 N–H and O–H groups in total. The number of benzene rings is 1. The molecule has 0 atom stereocenters. The maximum atomic E-state index is 13.2. The van der Waals surface area contributed by atoms with E-state index in [0.717, 1.165) is 0 Å². The van der Waals surface area contributed by atoms with Gasteiger partial charge >= 0.3 is 0 Å². The lowest BCUT2D eigenvalue weighted by Crippen LogP contribution is -1.86. The molecular weight excluding hydrogens is 237 g/mol. The average Bonchev–Trinajstić information content (AvgIpc) is 2.64. The summed E-state index contributed by atoms with van der Waals surface area (Å²) >= 11 is 7.06. The van der Waals surface area contributed by atoms with Crippen molar-refractivity contribution in [1.29, 1.82) is 0 Å². The summed E-state index contributed by atoms with van der Waals surface area (Å²) in [5, 5.41) is 2.80. The molecule has 0 aliphatic heterocycles. The summed E-state index contributed by atoms with van der Waals surface area (Å²) in [6.45, 7) is 0. The van der Waals surface area contributed by atoms with Crippen molar-refractivity contribution in [3.63, 3.8) is 0 Å². The molecule has 0 fully saturated rings. The van der Waals surface area contributed by atoms with Crippen LogP contribution >= 0.6 is 22.9 Å². The highest BCUT2D eigenvalue weighted by Crippen LogP contribution is 2.29. The van der Waals surface area contributed by atoms with E-state index in [2.05, 4.69) is 4.98 Å². The summed E-state index contributed by atoms with van der Waals surface area (Å²) in [6.07, 6.45) is 0. The number of hydrogen-bond acceptors (Lipinski definition) is 3. The van der Waals surface area contributed by atoms with Crippen LogP contribution in [0.4, 0.5) is 4.39 Å². The largest absolute Gasteiger partial charge is 0.497 e.